The van der Waals surface area contributed by atoms with Gasteiger partial charge in [0.15, 0.2) is 0 Å². The zero-order valence-electron chi connectivity index (χ0n) is 14.8. The highest BCUT2D eigenvalue weighted by atomic mass is 31.2. The molecule has 0 aromatic heterocycles. The summed E-state index contributed by atoms with van der Waals surface area (Å²) in [6, 6.07) is 0. The predicted octanol–water partition coefficient (Wildman–Crippen LogP) is 5.22. The van der Waals surface area contributed by atoms with E-state index in [4.69, 9.17) is 9.79 Å². The highest BCUT2D eigenvalue weighted by molar-refractivity contribution is 7.39. The van der Waals surface area contributed by atoms with Crippen molar-refractivity contribution in [2.75, 3.05) is 6.61 Å². The van der Waals surface area contributed by atoms with Crippen LogP contribution in [0.3, 0.4) is 0 Å². The molecule has 0 heterocycles. The maximum atomic E-state index is 9.62. The van der Waals surface area contributed by atoms with Crippen LogP contribution in [0, 0.1) is 0 Å². The van der Waals surface area contributed by atoms with Crippen molar-refractivity contribution in [3.63, 3.8) is 0 Å². The second-order valence-electron chi connectivity index (χ2n) is 6.19. The molecule has 0 saturated heterocycles. The molecule has 0 rings (SSSR count). The average molecular weight is 348 g/mol. The zero-order chi connectivity index (χ0) is 17.2. The molecule has 138 valence electrons. The first-order chi connectivity index (χ1) is 11.2. The Balaban J connectivity index is 3.21. The standard InChI is InChI=1S/C18H37O4P/c1-2-3-4-5-6-7-8-9-10-11-12-13-14-15-18(19)16-17-22-23(20)21/h14-15,18-21H,2-13,16-17H2,1H3/b15-14+. The molecule has 3 N–H and O–H groups in total. The van der Waals surface area contributed by atoms with E-state index in [1.807, 2.05) is 6.08 Å². The lowest BCUT2D eigenvalue weighted by Crippen LogP contribution is -2.05. The SMILES string of the molecule is CCCCCCCCCCCCC/C=C/C(O)CCOP(O)O. The van der Waals surface area contributed by atoms with Crippen LogP contribution in [0.2, 0.25) is 0 Å². The summed E-state index contributed by atoms with van der Waals surface area (Å²) >= 11 is 0. The van der Waals surface area contributed by atoms with Crippen molar-refractivity contribution in [1.82, 2.24) is 0 Å². The molecule has 0 fully saturated rings. The molecule has 0 aliphatic carbocycles. The maximum Gasteiger partial charge on any atom is 0.327 e. The third-order valence-electron chi connectivity index (χ3n) is 3.95. The molecule has 0 radical (unpaired) electrons. The van der Waals surface area contributed by atoms with Gasteiger partial charge in [0.2, 0.25) is 0 Å². The predicted molar refractivity (Wildman–Crippen MR) is 98.2 cm³/mol. The molecule has 0 aromatic rings. The molecule has 0 aliphatic rings. The lowest BCUT2D eigenvalue weighted by molar-refractivity contribution is 0.168. The van der Waals surface area contributed by atoms with Gasteiger partial charge < -0.3 is 19.4 Å². The minimum Gasteiger partial charge on any atom is -0.389 e. The molecule has 0 amide bonds. The van der Waals surface area contributed by atoms with E-state index in [-0.39, 0.29) is 6.61 Å². The topological polar surface area (TPSA) is 69.9 Å². The monoisotopic (exact) mass is 348 g/mol. The van der Waals surface area contributed by atoms with Gasteiger partial charge in [-0.25, -0.2) is 0 Å². The second kappa shape index (κ2) is 18.4. The van der Waals surface area contributed by atoms with E-state index in [1.165, 1.54) is 70.6 Å². The summed E-state index contributed by atoms with van der Waals surface area (Å²) in [5, 5.41) is 9.62. The molecule has 5 heteroatoms. The van der Waals surface area contributed by atoms with Crippen molar-refractivity contribution in [3.05, 3.63) is 12.2 Å². The fourth-order valence-electron chi connectivity index (χ4n) is 2.53. The van der Waals surface area contributed by atoms with E-state index in [2.05, 4.69) is 11.4 Å². The smallest absolute Gasteiger partial charge is 0.327 e. The molecular weight excluding hydrogens is 311 g/mol. The van der Waals surface area contributed by atoms with Gasteiger partial charge in [-0.3, -0.25) is 0 Å². The van der Waals surface area contributed by atoms with Crippen LogP contribution in [-0.2, 0) is 4.52 Å². The van der Waals surface area contributed by atoms with E-state index in [0.717, 1.165) is 6.42 Å². The number of hydrogen-bond acceptors (Lipinski definition) is 4. The first-order valence-corrected chi connectivity index (χ1v) is 10.5. The van der Waals surface area contributed by atoms with Crippen molar-refractivity contribution in [2.45, 2.75) is 96.5 Å². The molecule has 0 bridgehead atoms. The molecule has 1 unspecified atom stereocenters. The van der Waals surface area contributed by atoms with Crippen LogP contribution in [0.5, 0.6) is 0 Å². The number of aliphatic hydroxyl groups is 1. The van der Waals surface area contributed by atoms with E-state index < -0.39 is 14.7 Å². The van der Waals surface area contributed by atoms with E-state index >= 15 is 0 Å². The van der Waals surface area contributed by atoms with Crippen LogP contribution in [0.4, 0.5) is 0 Å². The summed E-state index contributed by atoms with van der Waals surface area (Å²) in [6.45, 7) is 2.43. The molecule has 1 atom stereocenters. The Morgan fingerprint density at radius 1 is 0.870 bits per heavy atom. The van der Waals surface area contributed by atoms with Gasteiger partial charge in [-0.1, -0.05) is 83.3 Å². The Morgan fingerprint density at radius 3 is 1.91 bits per heavy atom. The Morgan fingerprint density at radius 2 is 1.39 bits per heavy atom. The summed E-state index contributed by atoms with van der Waals surface area (Å²) in [6.07, 6.45) is 19.4. The van der Waals surface area contributed by atoms with Gasteiger partial charge in [-0.15, -0.1) is 0 Å². The highest BCUT2D eigenvalue weighted by Gasteiger charge is 2.02. The number of rotatable bonds is 17. The van der Waals surface area contributed by atoms with Gasteiger partial charge in [-0.2, -0.15) is 0 Å². The van der Waals surface area contributed by atoms with Crippen LogP contribution >= 0.6 is 8.60 Å². The molecule has 0 spiro atoms. The van der Waals surface area contributed by atoms with E-state index in [9.17, 15) is 5.11 Å². The lowest BCUT2D eigenvalue weighted by Gasteiger charge is -2.06. The highest BCUT2D eigenvalue weighted by Crippen LogP contribution is 2.24. The summed E-state index contributed by atoms with van der Waals surface area (Å²) in [5.41, 5.74) is 0. The molecule has 4 nitrogen and oxygen atoms in total. The molecule has 0 aliphatic heterocycles. The minimum absolute atomic E-state index is 0.169. The van der Waals surface area contributed by atoms with E-state index in [1.54, 1.807) is 6.08 Å². The first kappa shape index (κ1) is 23.0. The Kier molecular flexibility index (Phi) is 18.4. The minimum atomic E-state index is -2.30. The van der Waals surface area contributed by atoms with Crippen LogP contribution in [0.15, 0.2) is 12.2 Å². The first-order valence-electron chi connectivity index (χ1n) is 9.32. The van der Waals surface area contributed by atoms with Gasteiger partial charge in [0.25, 0.3) is 0 Å². The van der Waals surface area contributed by atoms with Crippen molar-refractivity contribution in [2.24, 2.45) is 0 Å². The van der Waals surface area contributed by atoms with Gasteiger partial charge in [0, 0.05) is 6.42 Å². The largest absolute Gasteiger partial charge is 0.389 e. The van der Waals surface area contributed by atoms with Crippen molar-refractivity contribution < 1.29 is 19.4 Å². The summed E-state index contributed by atoms with van der Waals surface area (Å²) in [5.74, 6) is 0. The van der Waals surface area contributed by atoms with Crippen molar-refractivity contribution >= 4 is 8.60 Å². The van der Waals surface area contributed by atoms with Gasteiger partial charge in [-0.05, 0) is 12.8 Å². The summed E-state index contributed by atoms with van der Waals surface area (Å²) in [7, 11) is -2.30. The molecular formula is C18H37O4P. The van der Waals surface area contributed by atoms with Gasteiger partial charge in [0.1, 0.15) is 0 Å². The van der Waals surface area contributed by atoms with Crippen LogP contribution in [0.25, 0.3) is 0 Å². The fourth-order valence-corrected chi connectivity index (χ4v) is 2.80. The van der Waals surface area contributed by atoms with Crippen molar-refractivity contribution in [1.29, 1.82) is 0 Å². The summed E-state index contributed by atoms with van der Waals surface area (Å²) in [4.78, 5) is 17.1. The Bertz CT molecular complexity index is 259. The maximum absolute atomic E-state index is 9.62. The van der Waals surface area contributed by atoms with Crippen molar-refractivity contribution in [3.8, 4) is 0 Å². The normalized spacial score (nSPS) is 13.3. The Labute approximate surface area is 144 Å². The quantitative estimate of drug-likeness (QED) is 0.191. The molecule has 23 heavy (non-hydrogen) atoms. The molecule has 0 saturated carbocycles. The summed E-state index contributed by atoms with van der Waals surface area (Å²) < 4.78 is 4.61. The number of allylic oxidation sites excluding steroid dienone is 1. The van der Waals surface area contributed by atoms with Crippen LogP contribution < -0.4 is 0 Å². The second-order valence-corrected chi connectivity index (χ2v) is 6.96. The van der Waals surface area contributed by atoms with Crippen LogP contribution in [-0.4, -0.2) is 27.6 Å². The third kappa shape index (κ3) is 20.0. The number of unbranched alkanes of at least 4 members (excludes halogenated alkanes) is 11. The Hall–Kier alpha value is 0.0100. The van der Waals surface area contributed by atoms with Gasteiger partial charge >= 0.3 is 8.60 Å². The number of aliphatic hydroxyl groups excluding tert-OH is 1. The molecule has 0 aromatic carbocycles. The zero-order valence-corrected chi connectivity index (χ0v) is 15.7. The fraction of sp³-hybridized carbons (Fsp3) is 0.889. The van der Waals surface area contributed by atoms with E-state index in [0.29, 0.717) is 6.42 Å². The van der Waals surface area contributed by atoms with Gasteiger partial charge in [0.05, 0.1) is 12.7 Å². The third-order valence-corrected chi connectivity index (χ3v) is 4.37. The number of hydrogen-bond donors (Lipinski definition) is 3. The van der Waals surface area contributed by atoms with Crippen LogP contribution in [0.1, 0.15) is 90.4 Å². The average Bonchev–Trinajstić information content (AvgIpc) is 2.51. The lowest BCUT2D eigenvalue weighted by atomic mass is 10.1.